The lowest BCUT2D eigenvalue weighted by Crippen LogP contribution is -2.77. The maximum absolute atomic E-state index is 16.4. The number of carbonyl (C=O) groups excluding carboxylic acids is 4. The molecule has 6 aromatic carbocycles. The molecule has 83 heavy (non-hydrogen) atoms. The van der Waals surface area contributed by atoms with Gasteiger partial charge in [0.25, 0.3) is 0 Å². The highest BCUT2D eigenvalue weighted by Gasteiger charge is 2.80. The van der Waals surface area contributed by atoms with E-state index in [0.29, 0.717) is 27.8 Å². The Morgan fingerprint density at radius 3 is 1.27 bits per heavy atom. The Morgan fingerprint density at radius 2 is 0.819 bits per heavy atom. The SMILES string of the molecule is CCC1(C)C(=O)N(c2cccc(C3(c4cccc(N5C(=O)C(C)(C)C(C)(CC(C)(C)C(C)(C6(C)c7c(Cl)c(Cl)c(Cl)c(Cl)c7C6(C)C)C6(C)c7c(Br)c(Br)c(Br)c(Br)c7C6(C)C)C5=O)c4)c4ccccc4-c4ccccc43)c2)C(=O)C1(C)C. The first-order valence-corrected chi connectivity index (χ1v) is 32.9. The van der Waals surface area contributed by atoms with Crippen molar-refractivity contribution in [3.8, 4) is 11.1 Å². The average molecular weight is 1450 g/mol. The molecule has 0 saturated carbocycles. The molecule has 2 saturated heterocycles. The van der Waals surface area contributed by atoms with Crippen molar-refractivity contribution >= 4 is 145 Å². The Balaban J connectivity index is 1.09. The number of hydrogen-bond donors (Lipinski definition) is 0. The molecule has 5 aliphatic rings. The van der Waals surface area contributed by atoms with Crippen LogP contribution in [-0.4, -0.2) is 23.6 Å². The maximum Gasteiger partial charge on any atom is 0.240 e. The van der Waals surface area contributed by atoms with Gasteiger partial charge in [0.05, 0.1) is 58.5 Å². The third-order valence-corrected chi connectivity index (χ3v) is 30.3. The summed E-state index contributed by atoms with van der Waals surface area (Å²) in [6.45, 7) is 33.9. The van der Waals surface area contributed by atoms with Gasteiger partial charge in [-0.25, -0.2) is 9.80 Å². The predicted molar refractivity (Wildman–Crippen MR) is 354 cm³/mol. The lowest BCUT2D eigenvalue weighted by atomic mass is 9.24. The molecule has 2 aliphatic heterocycles. The smallest absolute Gasteiger partial charge is 0.240 e. The van der Waals surface area contributed by atoms with Gasteiger partial charge < -0.3 is 0 Å². The van der Waals surface area contributed by atoms with Crippen molar-refractivity contribution in [2.24, 2.45) is 32.5 Å². The molecule has 2 heterocycles. The van der Waals surface area contributed by atoms with Crippen molar-refractivity contribution < 1.29 is 19.2 Å². The van der Waals surface area contributed by atoms with Gasteiger partial charge in [0.1, 0.15) is 0 Å². The Kier molecular flexibility index (Phi) is 13.9. The predicted octanol–water partition coefficient (Wildman–Crippen LogP) is 20.9. The Hall–Kier alpha value is -3.32. The van der Waals surface area contributed by atoms with Crippen LogP contribution in [0.4, 0.5) is 11.4 Å². The fraction of sp³-hybridized carbons (Fsp3) is 0.420. The van der Waals surface area contributed by atoms with Crippen molar-refractivity contribution in [3.05, 3.63) is 180 Å². The van der Waals surface area contributed by atoms with E-state index in [-0.39, 0.29) is 40.1 Å². The first-order chi connectivity index (χ1) is 38.3. The molecule has 5 atom stereocenters. The van der Waals surface area contributed by atoms with Crippen LogP contribution in [0.2, 0.25) is 20.1 Å². The minimum atomic E-state index is -1.30. The van der Waals surface area contributed by atoms with E-state index < -0.39 is 59.6 Å². The molecule has 6 nitrogen and oxygen atoms in total. The standard InChI is InChI=1S/C69H68Br4Cl4N2O4/c1-17-64(12)57(82)78(55(80)62(64,8)9)37-26-22-24-35(32-37)69(41-30-20-18-28-39(41)40-29-19-21-31-42(40)69)36-25-23-27-38(33-36)79-56(81)63(10,11)65(13,58(79)83)34-59(2,3)68(16,66(14)44-43(60(66,4)5)47(70)49(72)50(73)48(44)71)67(15)46-45(61(67,6)7)51(74)53(76)54(77)52(46)75/h18-33H,17,34H2,1-16H3. The van der Waals surface area contributed by atoms with Crippen LogP contribution < -0.4 is 9.80 Å². The summed E-state index contributed by atoms with van der Waals surface area (Å²) >= 11 is 44.8. The zero-order valence-electron chi connectivity index (χ0n) is 49.7. The first kappa shape index (κ1) is 61.3. The van der Waals surface area contributed by atoms with Crippen molar-refractivity contribution in [3.63, 3.8) is 0 Å². The number of fused-ring (bicyclic) bond motifs is 5. The highest BCUT2D eigenvalue weighted by molar-refractivity contribution is 9.15. The minimum absolute atomic E-state index is 0.190. The van der Waals surface area contributed by atoms with Crippen LogP contribution in [0.25, 0.3) is 11.1 Å². The average Bonchev–Trinajstić information content (AvgIpc) is 1.35. The zero-order valence-corrected chi connectivity index (χ0v) is 59.1. The van der Waals surface area contributed by atoms with Gasteiger partial charge in [-0.2, -0.15) is 0 Å². The van der Waals surface area contributed by atoms with Crippen molar-refractivity contribution in [2.45, 2.75) is 151 Å². The van der Waals surface area contributed by atoms with Crippen LogP contribution >= 0.6 is 110 Å². The summed E-state index contributed by atoms with van der Waals surface area (Å²) in [5, 5.41) is 1.12. The largest absolute Gasteiger partial charge is 0.273 e. The third-order valence-electron chi connectivity index (χ3n) is 23.8. The maximum atomic E-state index is 16.4. The summed E-state index contributed by atoms with van der Waals surface area (Å²) in [6, 6.07) is 32.3. The van der Waals surface area contributed by atoms with Crippen LogP contribution in [0.15, 0.2) is 115 Å². The second kappa shape index (κ2) is 18.9. The van der Waals surface area contributed by atoms with Gasteiger partial charge in [-0.05, 0) is 209 Å². The van der Waals surface area contributed by atoms with Gasteiger partial charge >= 0.3 is 0 Å². The summed E-state index contributed by atoms with van der Waals surface area (Å²) in [5.41, 5.74) is 0.666. The number of halogens is 8. The van der Waals surface area contributed by atoms with Crippen LogP contribution in [0.3, 0.4) is 0 Å². The quantitative estimate of drug-likeness (QED) is 0.0777. The van der Waals surface area contributed by atoms with Crippen molar-refractivity contribution in [2.75, 3.05) is 9.80 Å². The highest BCUT2D eigenvalue weighted by Crippen LogP contribution is 2.83. The number of hydrogen-bond acceptors (Lipinski definition) is 4. The zero-order chi connectivity index (χ0) is 61.2. The van der Waals surface area contributed by atoms with Crippen LogP contribution in [0.1, 0.15) is 168 Å². The molecule has 14 heteroatoms. The van der Waals surface area contributed by atoms with Crippen LogP contribution in [0, 0.1) is 32.5 Å². The number of rotatable bonds is 10. The van der Waals surface area contributed by atoms with E-state index in [9.17, 15) is 9.59 Å². The summed E-state index contributed by atoms with van der Waals surface area (Å²) in [7, 11) is 0. The lowest BCUT2D eigenvalue weighted by molar-refractivity contribution is -0.168. The van der Waals surface area contributed by atoms with Gasteiger partial charge in [-0.3, -0.25) is 19.2 Å². The molecule has 434 valence electrons. The fourth-order valence-corrected chi connectivity index (χ4v) is 21.7. The monoisotopic (exact) mass is 1440 g/mol. The molecular formula is C69H68Br4Cl4N2O4. The molecule has 11 rings (SSSR count). The molecule has 6 aromatic rings. The second-order valence-corrected chi connectivity index (χ2v) is 32.5. The summed E-state index contributed by atoms with van der Waals surface area (Å²) in [4.78, 5) is 64.2. The molecule has 0 aromatic heterocycles. The number of amides is 4. The number of benzene rings is 6. The molecule has 0 bridgehead atoms. The topological polar surface area (TPSA) is 74.8 Å². The minimum Gasteiger partial charge on any atom is -0.273 e. The van der Waals surface area contributed by atoms with Gasteiger partial charge in [0.15, 0.2) is 0 Å². The van der Waals surface area contributed by atoms with E-state index in [4.69, 9.17) is 46.4 Å². The summed E-state index contributed by atoms with van der Waals surface area (Å²) in [6.07, 6.45) is 0.771. The Morgan fingerprint density at radius 1 is 0.434 bits per heavy atom. The second-order valence-electron chi connectivity index (χ2n) is 27.8. The van der Waals surface area contributed by atoms with E-state index in [2.05, 4.69) is 162 Å². The molecule has 2 fully saturated rings. The Labute approximate surface area is 543 Å². The number of nitrogens with zero attached hydrogens (tertiary/aromatic N) is 2. The lowest BCUT2D eigenvalue weighted by Gasteiger charge is -2.78. The van der Waals surface area contributed by atoms with Gasteiger partial charge in [0, 0.05) is 39.6 Å². The highest BCUT2D eigenvalue weighted by atomic mass is 79.9. The fourth-order valence-electron chi connectivity index (χ4n) is 17.4. The van der Waals surface area contributed by atoms with Gasteiger partial charge in [0.2, 0.25) is 23.6 Å². The molecule has 4 amide bonds. The van der Waals surface area contributed by atoms with E-state index >= 15 is 9.59 Å². The molecule has 0 N–H and O–H groups in total. The molecule has 0 radical (unpaired) electrons. The normalized spacial score (nSPS) is 26.5. The molecule has 3 aliphatic carbocycles. The molecule has 5 unspecified atom stereocenters. The van der Waals surface area contributed by atoms with E-state index in [1.807, 2.05) is 109 Å². The van der Waals surface area contributed by atoms with Crippen LogP contribution in [0.5, 0.6) is 0 Å². The first-order valence-electron chi connectivity index (χ1n) is 28.2. The van der Waals surface area contributed by atoms with Crippen molar-refractivity contribution in [1.29, 1.82) is 0 Å². The van der Waals surface area contributed by atoms with E-state index in [0.717, 1.165) is 73.5 Å². The Bertz CT molecular complexity index is 3820. The number of anilines is 2. The summed E-state index contributed by atoms with van der Waals surface area (Å²) in [5.74, 6) is -1.10. The number of imide groups is 2. The van der Waals surface area contributed by atoms with Gasteiger partial charge in [-0.15, -0.1) is 0 Å². The molecule has 0 spiro atoms. The van der Waals surface area contributed by atoms with E-state index in [1.165, 1.54) is 9.80 Å². The van der Waals surface area contributed by atoms with Crippen LogP contribution in [-0.2, 0) is 46.3 Å². The van der Waals surface area contributed by atoms with Crippen molar-refractivity contribution in [1.82, 2.24) is 0 Å². The summed E-state index contributed by atoms with van der Waals surface area (Å²) < 4.78 is 3.61. The third kappa shape index (κ3) is 6.91. The molecular weight excluding hydrogens is 1380 g/mol. The van der Waals surface area contributed by atoms with Gasteiger partial charge in [-0.1, -0.05) is 188 Å². The van der Waals surface area contributed by atoms with E-state index in [1.54, 1.807) is 0 Å². The number of carbonyl (C=O) groups is 4.